The van der Waals surface area contributed by atoms with Gasteiger partial charge in [0.1, 0.15) is 0 Å². The van der Waals surface area contributed by atoms with Crippen LogP contribution in [0.25, 0.3) is 0 Å². The zero-order valence-corrected chi connectivity index (χ0v) is 14.9. The van der Waals surface area contributed by atoms with Crippen molar-refractivity contribution in [3.8, 4) is 0 Å². The number of nitrogens with one attached hydrogen (secondary N) is 1. The Labute approximate surface area is 144 Å². The third-order valence-electron chi connectivity index (χ3n) is 4.81. The molecule has 5 heteroatoms. The van der Waals surface area contributed by atoms with E-state index in [9.17, 15) is 0 Å². The summed E-state index contributed by atoms with van der Waals surface area (Å²) in [6, 6.07) is 8.90. The molecule has 1 saturated carbocycles. The molecule has 1 aliphatic heterocycles. The van der Waals surface area contributed by atoms with Gasteiger partial charge in [-0.15, -0.1) is 0 Å². The Balaban J connectivity index is 1.47. The fraction of sp³-hybridized carbons (Fsp3) is 0.611. The van der Waals surface area contributed by atoms with Crippen molar-refractivity contribution in [3.63, 3.8) is 0 Å². The van der Waals surface area contributed by atoms with E-state index in [4.69, 9.17) is 11.6 Å². The molecule has 2 fully saturated rings. The highest BCUT2D eigenvalue weighted by molar-refractivity contribution is 6.30. The molecule has 126 valence electrons. The van der Waals surface area contributed by atoms with Gasteiger partial charge in [-0.25, -0.2) is 0 Å². The average molecular weight is 335 g/mol. The molecule has 1 aromatic carbocycles. The van der Waals surface area contributed by atoms with Gasteiger partial charge in [0.15, 0.2) is 5.96 Å². The van der Waals surface area contributed by atoms with E-state index in [0.29, 0.717) is 0 Å². The number of aliphatic imine (C=N–C) groups is 1. The second-order valence-electron chi connectivity index (χ2n) is 6.79. The average Bonchev–Trinajstić information content (AvgIpc) is 3.27. The summed E-state index contributed by atoms with van der Waals surface area (Å²) in [4.78, 5) is 9.23. The maximum atomic E-state index is 6.06. The Morgan fingerprint density at radius 2 is 2.22 bits per heavy atom. The summed E-state index contributed by atoms with van der Waals surface area (Å²) < 4.78 is 0. The second kappa shape index (κ2) is 7.54. The van der Waals surface area contributed by atoms with Crippen molar-refractivity contribution in [2.24, 2.45) is 10.9 Å². The molecule has 2 aliphatic rings. The number of guanidine groups is 1. The SMILES string of the molecule is CN=C(NCC1CCN(C2CC2)C1)N(C)Cc1cccc(Cl)c1. The summed E-state index contributed by atoms with van der Waals surface area (Å²) in [6.45, 7) is 4.33. The van der Waals surface area contributed by atoms with Crippen molar-refractivity contribution in [1.29, 1.82) is 0 Å². The maximum absolute atomic E-state index is 6.06. The van der Waals surface area contributed by atoms with Gasteiger partial charge < -0.3 is 15.1 Å². The molecule has 0 spiro atoms. The highest BCUT2D eigenvalue weighted by atomic mass is 35.5. The standard InChI is InChI=1S/C18H27ClN4/c1-20-18(22(2)12-14-4-3-5-16(19)10-14)21-11-15-8-9-23(13-15)17-6-7-17/h3-5,10,15,17H,6-9,11-13H2,1-2H3,(H,20,21). The lowest BCUT2D eigenvalue weighted by molar-refractivity contribution is 0.313. The molecule has 1 atom stereocenters. The van der Waals surface area contributed by atoms with Crippen LogP contribution in [0, 0.1) is 5.92 Å². The number of nitrogens with zero attached hydrogens (tertiary/aromatic N) is 3. The number of halogens is 1. The first kappa shape index (κ1) is 16.6. The van der Waals surface area contributed by atoms with Gasteiger partial charge in [0.05, 0.1) is 0 Å². The van der Waals surface area contributed by atoms with Crippen molar-refractivity contribution < 1.29 is 0 Å². The molecule has 1 N–H and O–H groups in total. The molecular weight excluding hydrogens is 308 g/mol. The molecule has 1 unspecified atom stereocenters. The van der Waals surface area contributed by atoms with Gasteiger partial charge in [0.2, 0.25) is 0 Å². The van der Waals surface area contributed by atoms with E-state index < -0.39 is 0 Å². The first-order valence-corrected chi connectivity index (χ1v) is 8.94. The van der Waals surface area contributed by atoms with E-state index in [0.717, 1.165) is 36.0 Å². The molecule has 1 aromatic rings. The summed E-state index contributed by atoms with van der Waals surface area (Å²) >= 11 is 6.06. The van der Waals surface area contributed by atoms with E-state index in [-0.39, 0.29) is 0 Å². The predicted molar refractivity (Wildman–Crippen MR) is 97.0 cm³/mol. The van der Waals surface area contributed by atoms with Crippen molar-refractivity contribution in [2.45, 2.75) is 31.8 Å². The van der Waals surface area contributed by atoms with Gasteiger partial charge in [-0.3, -0.25) is 4.99 Å². The third-order valence-corrected chi connectivity index (χ3v) is 5.05. The fourth-order valence-corrected chi connectivity index (χ4v) is 3.62. The predicted octanol–water partition coefficient (Wildman–Crippen LogP) is 2.83. The topological polar surface area (TPSA) is 30.9 Å². The van der Waals surface area contributed by atoms with Crippen molar-refractivity contribution in [1.82, 2.24) is 15.1 Å². The third kappa shape index (κ3) is 4.61. The highest BCUT2D eigenvalue weighted by Crippen LogP contribution is 2.31. The zero-order valence-electron chi connectivity index (χ0n) is 14.1. The normalized spacial score (nSPS) is 22.4. The van der Waals surface area contributed by atoms with Gasteiger partial charge in [-0.05, 0) is 49.4 Å². The minimum absolute atomic E-state index is 0.743. The first-order chi connectivity index (χ1) is 11.2. The van der Waals surface area contributed by atoms with E-state index >= 15 is 0 Å². The Kier molecular flexibility index (Phi) is 5.44. The van der Waals surface area contributed by atoms with Crippen LogP contribution >= 0.6 is 11.6 Å². The van der Waals surface area contributed by atoms with Crippen LogP contribution in [0.2, 0.25) is 5.02 Å². The van der Waals surface area contributed by atoms with Crippen molar-refractivity contribution >= 4 is 17.6 Å². The minimum atomic E-state index is 0.743. The fourth-order valence-electron chi connectivity index (χ4n) is 3.40. The Morgan fingerprint density at radius 3 is 2.91 bits per heavy atom. The molecular formula is C18H27ClN4. The summed E-state index contributed by atoms with van der Waals surface area (Å²) in [6.07, 6.45) is 4.12. The van der Waals surface area contributed by atoms with E-state index in [1.54, 1.807) is 0 Å². The highest BCUT2D eigenvalue weighted by Gasteiger charge is 2.34. The molecule has 0 amide bonds. The zero-order chi connectivity index (χ0) is 16.2. The number of rotatable bonds is 5. The molecule has 3 rings (SSSR count). The van der Waals surface area contributed by atoms with Crippen LogP contribution < -0.4 is 5.32 Å². The van der Waals surface area contributed by atoms with E-state index in [2.05, 4.69) is 33.2 Å². The van der Waals surface area contributed by atoms with E-state index in [1.807, 2.05) is 25.2 Å². The molecule has 1 saturated heterocycles. The molecule has 4 nitrogen and oxygen atoms in total. The quantitative estimate of drug-likeness (QED) is 0.663. The Morgan fingerprint density at radius 1 is 1.39 bits per heavy atom. The van der Waals surface area contributed by atoms with Crippen LogP contribution in [-0.4, -0.2) is 55.5 Å². The maximum Gasteiger partial charge on any atom is 0.193 e. The Hall–Kier alpha value is -1.26. The monoisotopic (exact) mass is 334 g/mol. The van der Waals surface area contributed by atoms with Gasteiger partial charge in [-0.1, -0.05) is 23.7 Å². The number of hydrogen-bond acceptors (Lipinski definition) is 2. The van der Waals surface area contributed by atoms with Crippen LogP contribution in [0.15, 0.2) is 29.3 Å². The first-order valence-electron chi connectivity index (χ1n) is 8.56. The number of hydrogen-bond donors (Lipinski definition) is 1. The van der Waals surface area contributed by atoms with Crippen molar-refractivity contribution in [3.05, 3.63) is 34.9 Å². The van der Waals surface area contributed by atoms with E-state index in [1.165, 1.54) is 37.9 Å². The van der Waals surface area contributed by atoms with Gasteiger partial charge in [0.25, 0.3) is 0 Å². The van der Waals surface area contributed by atoms with Crippen LogP contribution in [0.3, 0.4) is 0 Å². The number of likely N-dealkylation sites (tertiary alicyclic amines) is 1. The molecule has 23 heavy (non-hydrogen) atoms. The van der Waals surface area contributed by atoms with Crippen LogP contribution in [0.1, 0.15) is 24.8 Å². The lowest BCUT2D eigenvalue weighted by Gasteiger charge is -2.24. The molecule has 0 aromatic heterocycles. The summed E-state index contributed by atoms with van der Waals surface area (Å²) in [7, 11) is 3.92. The van der Waals surface area contributed by atoms with Crippen LogP contribution in [-0.2, 0) is 6.54 Å². The van der Waals surface area contributed by atoms with Gasteiger partial charge in [-0.2, -0.15) is 0 Å². The Bertz CT molecular complexity index is 556. The second-order valence-corrected chi connectivity index (χ2v) is 7.23. The molecule has 1 aliphatic carbocycles. The van der Waals surface area contributed by atoms with Crippen LogP contribution in [0.4, 0.5) is 0 Å². The van der Waals surface area contributed by atoms with Gasteiger partial charge >= 0.3 is 0 Å². The summed E-state index contributed by atoms with van der Waals surface area (Å²) in [5.41, 5.74) is 1.20. The number of benzene rings is 1. The summed E-state index contributed by atoms with van der Waals surface area (Å²) in [5.74, 6) is 1.70. The van der Waals surface area contributed by atoms with Crippen molar-refractivity contribution in [2.75, 3.05) is 33.7 Å². The van der Waals surface area contributed by atoms with Crippen LogP contribution in [0.5, 0.6) is 0 Å². The smallest absolute Gasteiger partial charge is 0.193 e. The summed E-state index contributed by atoms with van der Waals surface area (Å²) in [5, 5.41) is 4.32. The van der Waals surface area contributed by atoms with Gasteiger partial charge in [0, 0.05) is 44.8 Å². The minimum Gasteiger partial charge on any atom is -0.356 e. The molecule has 0 bridgehead atoms. The lowest BCUT2D eigenvalue weighted by Crippen LogP contribution is -2.41. The molecule has 0 radical (unpaired) electrons. The lowest BCUT2D eigenvalue weighted by atomic mass is 10.1. The molecule has 1 heterocycles. The largest absolute Gasteiger partial charge is 0.356 e.